The number of alkyl halides is 2. The molecule has 8 nitrogen and oxygen atoms in total. The second-order valence-electron chi connectivity index (χ2n) is 5.82. The lowest BCUT2D eigenvalue weighted by molar-refractivity contribution is 0.0991. The van der Waals surface area contributed by atoms with Gasteiger partial charge in [-0.05, 0) is 12.1 Å². The molecule has 0 fully saturated rings. The molecule has 1 aliphatic heterocycles. The van der Waals surface area contributed by atoms with Gasteiger partial charge >= 0.3 is 6.43 Å². The molecule has 4 rings (SSSR count). The zero-order valence-electron chi connectivity index (χ0n) is 13.5. The summed E-state index contributed by atoms with van der Waals surface area (Å²) in [7, 11) is 1.64. The largest absolute Gasteiger partial charge is 0.492 e. The number of hydrogen-bond acceptors (Lipinski definition) is 6. The van der Waals surface area contributed by atoms with Gasteiger partial charge in [-0.15, -0.1) is 0 Å². The molecule has 2 aromatic heterocycles. The summed E-state index contributed by atoms with van der Waals surface area (Å²) in [4.78, 5) is 15.1. The van der Waals surface area contributed by atoms with Crippen LogP contribution in [0.2, 0.25) is 0 Å². The van der Waals surface area contributed by atoms with Crippen molar-refractivity contribution >= 4 is 5.91 Å². The van der Waals surface area contributed by atoms with E-state index in [-0.39, 0.29) is 11.7 Å². The van der Waals surface area contributed by atoms with Crippen molar-refractivity contribution in [3.63, 3.8) is 0 Å². The van der Waals surface area contributed by atoms with Crippen molar-refractivity contribution in [2.45, 2.75) is 12.3 Å². The zero-order valence-corrected chi connectivity index (χ0v) is 13.5. The van der Waals surface area contributed by atoms with Crippen LogP contribution in [0.15, 0.2) is 28.8 Å². The molecule has 26 heavy (non-hydrogen) atoms. The van der Waals surface area contributed by atoms with Crippen LogP contribution in [0.25, 0.3) is 11.4 Å². The number of benzene rings is 1. The van der Waals surface area contributed by atoms with Crippen molar-refractivity contribution in [2.75, 3.05) is 6.61 Å². The molecule has 1 amide bonds. The number of carbonyl (C=O) groups is 1. The van der Waals surface area contributed by atoms with Gasteiger partial charge in [-0.1, -0.05) is 17.3 Å². The van der Waals surface area contributed by atoms with Crippen LogP contribution in [0, 0.1) is 0 Å². The number of nitrogens with two attached hydrogens (primary N) is 1. The molecule has 1 aromatic carbocycles. The Morgan fingerprint density at radius 2 is 2.19 bits per heavy atom. The number of aryl methyl sites for hydroxylation is 1. The van der Waals surface area contributed by atoms with Gasteiger partial charge in [-0.3, -0.25) is 9.48 Å². The maximum absolute atomic E-state index is 12.6. The number of carbonyl (C=O) groups excluding carboxylic acids is 1. The van der Waals surface area contributed by atoms with Crippen LogP contribution < -0.4 is 10.5 Å². The Kier molecular flexibility index (Phi) is 3.67. The summed E-state index contributed by atoms with van der Waals surface area (Å²) < 4.78 is 36.8. The number of fused-ring (bicyclic) bond motifs is 1. The molecule has 3 heterocycles. The van der Waals surface area contributed by atoms with Crippen LogP contribution in [-0.2, 0) is 7.05 Å². The summed E-state index contributed by atoms with van der Waals surface area (Å²) in [5.41, 5.74) is 7.64. The average molecular weight is 361 g/mol. The lowest BCUT2D eigenvalue weighted by Gasteiger charge is -2.05. The molecular formula is C16H13F2N5O3. The standard InChI is InChI=1S/C16H13F2N5O3/c1-23-11(14(19)24)5-10(21-23)9-6-25-12-4-7(2-3-8(9)12)15-20-16(13(17)18)26-22-15/h2-5,9,13H,6H2,1H3,(H2,19,24). The first-order valence-electron chi connectivity index (χ1n) is 7.66. The minimum atomic E-state index is -2.82. The number of ether oxygens (including phenoxy) is 1. The number of amides is 1. The second-order valence-corrected chi connectivity index (χ2v) is 5.82. The predicted octanol–water partition coefficient (Wildman–Crippen LogP) is 2.03. The topological polar surface area (TPSA) is 109 Å². The van der Waals surface area contributed by atoms with Gasteiger partial charge in [0.25, 0.3) is 11.8 Å². The van der Waals surface area contributed by atoms with Gasteiger partial charge in [-0.25, -0.2) is 0 Å². The van der Waals surface area contributed by atoms with Gasteiger partial charge in [0.2, 0.25) is 5.82 Å². The molecule has 0 saturated carbocycles. The lowest BCUT2D eigenvalue weighted by atomic mass is 9.96. The molecular weight excluding hydrogens is 348 g/mol. The second kappa shape index (κ2) is 5.90. The molecule has 1 aliphatic rings. The highest BCUT2D eigenvalue weighted by molar-refractivity contribution is 5.91. The molecule has 1 atom stereocenters. The molecule has 2 N–H and O–H groups in total. The van der Waals surface area contributed by atoms with E-state index in [0.717, 1.165) is 5.56 Å². The SMILES string of the molecule is Cn1nc(C2COc3cc(-c4noc(C(F)F)n4)ccc32)cc1C(N)=O. The normalized spacial score (nSPS) is 15.9. The first-order valence-corrected chi connectivity index (χ1v) is 7.66. The van der Waals surface area contributed by atoms with Crippen molar-refractivity contribution < 1.29 is 22.8 Å². The van der Waals surface area contributed by atoms with Gasteiger partial charge in [-0.2, -0.15) is 18.9 Å². The highest BCUT2D eigenvalue weighted by Crippen LogP contribution is 2.39. The molecule has 134 valence electrons. The van der Waals surface area contributed by atoms with Crippen LogP contribution in [-0.4, -0.2) is 32.4 Å². The predicted molar refractivity (Wildman–Crippen MR) is 83.8 cm³/mol. The summed E-state index contributed by atoms with van der Waals surface area (Å²) in [6.45, 7) is 0.336. The van der Waals surface area contributed by atoms with Gasteiger partial charge in [0.05, 0.1) is 11.6 Å². The van der Waals surface area contributed by atoms with E-state index >= 15 is 0 Å². The lowest BCUT2D eigenvalue weighted by Crippen LogP contribution is -2.15. The average Bonchev–Trinajstić information content (AvgIpc) is 3.31. The number of nitrogens with zero attached hydrogens (tertiary/aromatic N) is 4. The third-order valence-electron chi connectivity index (χ3n) is 4.19. The third-order valence-corrected chi connectivity index (χ3v) is 4.19. The molecule has 10 heteroatoms. The molecule has 0 bridgehead atoms. The quantitative estimate of drug-likeness (QED) is 0.761. The van der Waals surface area contributed by atoms with E-state index in [0.29, 0.717) is 29.3 Å². The van der Waals surface area contributed by atoms with Crippen LogP contribution in [0.1, 0.15) is 40.0 Å². The molecule has 0 spiro atoms. The monoisotopic (exact) mass is 361 g/mol. The fourth-order valence-electron chi connectivity index (χ4n) is 2.93. The van der Waals surface area contributed by atoms with E-state index in [4.69, 9.17) is 10.5 Å². The van der Waals surface area contributed by atoms with Gasteiger partial charge in [0, 0.05) is 18.2 Å². The molecule has 1 unspecified atom stereocenters. The fraction of sp³-hybridized carbons (Fsp3) is 0.250. The number of primary amides is 1. The van der Waals surface area contributed by atoms with Crippen molar-refractivity contribution in [1.82, 2.24) is 19.9 Å². The Balaban J connectivity index is 1.66. The first-order chi connectivity index (χ1) is 12.4. The van der Waals surface area contributed by atoms with E-state index < -0.39 is 18.2 Å². The summed E-state index contributed by atoms with van der Waals surface area (Å²) in [6, 6.07) is 6.78. The minimum absolute atomic E-state index is 0.0593. The van der Waals surface area contributed by atoms with Crippen LogP contribution >= 0.6 is 0 Å². The number of hydrogen-bond donors (Lipinski definition) is 1. The molecule has 0 saturated heterocycles. The third kappa shape index (κ3) is 2.59. The Hall–Kier alpha value is -3.30. The fourth-order valence-corrected chi connectivity index (χ4v) is 2.93. The molecule has 3 aromatic rings. The van der Waals surface area contributed by atoms with E-state index in [2.05, 4.69) is 19.8 Å². The van der Waals surface area contributed by atoms with Gasteiger partial charge in [0.15, 0.2) is 0 Å². The van der Waals surface area contributed by atoms with Crippen LogP contribution in [0.5, 0.6) is 5.75 Å². The Morgan fingerprint density at radius 3 is 2.85 bits per heavy atom. The maximum Gasteiger partial charge on any atom is 0.315 e. The highest BCUT2D eigenvalue weighted by atomic mass is 19.3. The first kappa shape index (κ1) is 16.2. The number of halogens is 2. The summed E-state index contributed by atoms with van der Waals surface area (Å²) in [5.74, 6) is -0.828. The van der Waals surface area contributed by atoms with Crippen LogP contribution in [0.3, 0.4) is 0 Å². The highest BCUT2D eigenvalue weighted by Gasteiger charge is 2.30. The van der Waals surface area contributed by atoms with Crippen LogP contribution in [0.4, 0.5) is 8.78 Å². The molecule has 0 aliphatic carbocycles. The van der Waals surface area contributed by atoms with E-state index in [9.17, 15) is 13.6 Å². The number of aromatic nitrogens is 4. The summed E-state index contributed by atoms with van der Waals surface area (Å²) >= 11 is 0. The Labute approximate surface area is 145 Å². The van der Waals surface area contributed by atoms with Crippen molar-refractivity contribution in [3.8, 4) is 17.1 Å². The van der Waals surface area contributed by atoms with E-state index in [1.807, 2.05) is 0 Å². The minimum Gasteiger partial charge on any atom is -0.492 e. The zero-order chi connectivity index (χ0) is 18.4. The Bertz CT molecular complexity index is 998. The molecule has 0 radical (unpaired) electrons. The van der Waals surface area contributed by atoms with Crippen molar-refractivity contribution in [2.24, 2.45) is 12.8 Å². The Morgan fingerprint density at radius 1 is 1.38 bits per heavy atom. The smallest absolute Gasteiger partial charge is 0.315 e. The van der Waals surface area contributed by atoms with E-state index in [1.54, 1.807) is 31.3 Å². The van der Waals surface area contributed by atoms with Crippen molar-refractivity contribution in [3.05, 3.63) is 47.1 Å². The number of rotatable bonds is 4. The maximum atomic E-state index is 12.6. The summed E-state index contributed by atoms with van der Waals surface area (Å²) in [6.07, 6.45) is -2.82. The van der Waals surface area contributed by atoms with E-state index in [1.165, 1.54) is 4.68 Å². The summed E-state index contributed by atoms with van der Waals surface area (Å²) in [5, 5.41) is 7.88. The van der Waals surface area contributed by atoms with Gasteiger partial charge in [0.1, 0.15) is 18.1 Å². The van der Waals surface area contributed by atoms with Gasteiger partial charge < -0.3 is 15.0 Å². The van der Waals surface area contributed by atoms with Crippen molar-refractivity contribution in [1.29, 1.82) is 0 Å².